The smallest absolute Gasteiger partial charge is 0.129 e. The number of fused-ring (bicyclic) bond motifs is 1. The SMILES string of the molecule is CC1(CN2CCc3c(F)cc(F)cc3C2)CCNC1.Cl. The van der Waals surface area contributed by atoms with Gasteiger partial charge in [-0.05, 0) is 42.0 Å². The van der Waals surface area contributed by atoms with E-state index in [9.17, 15) is 8.78 Å². The molecule has 3 rings (SSSR count). The lowest BCUT2D eigenvalue weighted by Gasteiger charge is -2.35. The van der Waals surface area contributed by atoms with E-state index in [-0.39, 0.29) is 18.2 Å². The molecule has 0 aliphatic carbocycles. The molecule has 0 aromatic heterocycles. The normalized spacial score (nSPS) is 26.1. The molecule has 112 valence electrons. The predicted molar refractivity (Wildman–Crippen MR) is 78.2 cm³/mol. The Balaban J connectivity index is 0.00000147. The van der Waals surface area contributed by atoms with Crippen molar-refractivity contribution >= 4 is 12.4 Å². The molecule has 2 nitrogen and oxygen atoms in total. The van der Waals surface area contributed by atoms with Crippen LogP contribution in [0.25, 0.3) is 0 Å². The minimum atomic E-state index is -0.466. The predicted octanol–water partition coefficient (Wildman–Crippen LogP) is 2.74. The van der Waals surface area contributed by atoms with E-state index >= 15 is 0 Å². The summed E-state index contributed by atoms with van der Waals surface area (Å²) in [5.41, 5.74) is 1.81. The molecule has 1 saturated heterocycles. The Morgan fingerprint density at radius 1 is 1.35 bits per heavy atom. The van der Waals surface area contributed by atoms with Crippen LogP contribution in [-0.4, -0.2) is 31.1 Å². The maximum Gasteiger partial charge on any atom is 0.129 e. The lowest BCUT2D eigenvalue weighted by molar-refractivity contribution is 0.163. The number of hydrogen-bond acceptors (Lipinski definition) is 2. The second kappa shape index (κ2) is 5.96. The summed E-state index contributed by atoms with van der Waals surface area (Å²) < 4.78 is 27.0. The van der Waals surface area contributed by atoms with Crippen LogP contribution in [0, 0.1) is 17.0 Å². The van der Waals surface area contributed by atoms with E-state index in [2.05, 4.69) is 17.1 Å². The molecule has 0 spiro atoms. The third kappa shape index (κ3) is 3.13. The molecular formula is C15H21ClF2N2. The van der Waals surface area contributed by atoms with Crippen molar-refractivity contribution in [3.05, 3.63) is 34.9 Å². The lowest BCUT2D eigenvalue weighted by Crippen LogP contribution is -2.40. The molecule has 1 atom stereocenters. The van der Waals surface area contributed by atoms with Crippen molar-refractivity contribution < 1.29 is 8.78 Å². The molecule has 1 aromatic rings. The van der Waals surface area contributed by atoms with E-state index in [0.29, 0.717) is 23.9 Å². The Labute approximate surface area is 124 Å². The van der Waals surface area contributed by atoms with Gasteiger partial charge in [-0.25, -0.2) is 8.78 Å². The molecular weight excluding hydrogens is 282 g/mol. The van der Waals surface area contributed by atoms with Gasteiger partial charge in [0, 0.05) is 32.2 Å². The number of halogens is 3. The number of benzene rings is 1. The average molecular weight is 303 g/mol. The van der Waals surface area contributed by atoms with E-state index in [1.807, 2.05) is 0 Å². The molecule has 0 saturated carbocycles. The molecule has 0 bridgehead atoms. The zero-order valence-corrected chi connectivity index (χ0v) is 12.5. The largest absolute Gasteiger partial charge is 0.316 e. The van der Waals surface area contributed by atoms with E-state index in [4.69, 9.17) is 0 Å². The molecule has 1 N–H and O–H groups in total. The van der Waals surface area contributed by atoms with Crippen molar-refractivity contribution in [2.75, 3.05) is 26.2 Å². The highest BCUT2D eigenvalue weighted by atomic mass is 35.5. The van der Waals surface area contributed by atoms with E-state index < -0.39 is 5.82 Å². The number of rotatable bonds is 2. The molecule has 0 radical (unpaired) electrons. The minimum absolute atomic E-state index is 0. The van der Waals surface area contributed by atoms with Gasteiger partial charge in [0.05, 0.1) is 0 Å². The molecule has 20 heavy (non-hydrogen) atoms. The van der Waals surface area contributed by atoms with Gasteiger partial charge in [0.2, 0.25) is 0 Å². The van der Waals surface area contributed by atoms with Crippen LogP contribution in [0.5, 0.6) is 0 Å². The van der Waals surface area contributed by atoms with Gasteiger partial charge in [-0.1, -0.05) is 6.92 Å². The first-order chi connectivity index (χ1) is 9.06. The first-order valence-electron chi connectivity index (χ1n) is 6.96. The highest BCUT2D eigenvalue weighted by Crippen LogP contribution is 2.29. The Morgan fingerprint density at radius 3 is 2.85 bits per heavy atom. The van der Waals surface area contributed by atoms with Crippen molar-refractivity contribution in [2.45, 2.75) is 26.3 Å². The van der Waals surface area contributed by atoms with Gasteiger partial charge >= 0.3 is 0 Å². The molecule has 0 amide bonds. The standard InChI is InChI=1S/C15H20F2N2.ClH/c1-15(3-4-18-9-15)10-19-5-2-13-11(8-19)6-12(16)7-14(13)17;/h6-7,18H,2-5,8-10H2,1H3;1H. The Bertz CT molecular complexity index is 487. The summed E-state index contributed by atoms with van der Waals surface area (Å²) in [6, 6.07) is 2.48. The van der Waals surface area contributed by atoms with Crippen LogP contribution < -0.4 is 5.32 Å². The minimum Gasteiger partial charge on any atom is -0.316 e. The summed E-state index contributed by atoms with van der Waals surface area (Å²) in [5.74, 6) is -0.852. The first-order valence-corrected chi connectivity index (χ1v) is 6.96. The molecule has 5 heteroatoms. The lowest BCUT2D eigenvalue weighted by atomic mass is 9.88. The van der Waals surface area contributed by atoms with Gasteiger partial charge in [0.15, 0.2) is 0 Å². The Kier molecular flexibility index (Phi) is 4.67. The maximum absolute atomic E-state index is 13.7. The molecule has 2 heterocycles. The molecule has 1 unspecified atom stereocenters. The quantitative estimate of drug-likeness (QED) is 0.904. The van der Waals surface area contributed by atoms with Gasteiger partial charge in [-0.2, -0.15) is 0 Å². The van der Waals surface area contributed by atoms with Crippen LogP contribution in [-0.2, 0) is 13.0 Å². The second-order valence-electron chi connectivity index (χ2n) is 6.22. The van der Waals surface area contributed by atoms with Crippen molar-refractivity contribution in [1.82, 2.24) is 10.2 Å². The van der Waals surface area contributed by atoms with Gasteiger partial charge in [-0.15, -0.1) is 12.4 Å². The van der Waals surface area contributed by atoms with E-state index in [0.717, 1.165) is 37.8 Å². The zero-order chi connectivity index (χ0) is 13.5. The third-order valence-electron chi connectivity index (χ3n) is 4.39. The third-order valence-corrected chi connectivity index (χ3v) is 4.39. The van der Waals surface area contributed by atoms with Crippen LogP contribution in [0.4, 0.5) is 8.78 Å². The fourth-order valence-electron chi connectivity index (χ4n) is 3.35. The van der Waals surface area contributed by atoms with Crippen molar-refractivity contribution in [2.24, 2.45) is 5.41 Å². The Hall–Kier alpha value is -0.710. The highest BCUT2D eigenvalue weighted by molar-refractivity contribution is 5.85. The fraction of sp³-hybridized carbons (Fsp3) is 0.600. The topological polar surface area (TPSA) is 15.3 Å². The summed E-state index contributed by atoms with van der Waals surface area (Å²) >= 11 is 0. The summed E-state index contributed by atoms with van der Waals surface area (Å²) in [6.45, 7) is 6.93. The summed E-state index contributed by atoms with van der Waals surface area (Å²) in [7, 11) is 0. The van der Waals surface area contributed by atoms with Gasteiger partial charge < -0.3 is 5.32 Å². The first kappa shape index (κ1) is 15.7. The number of nitrogens with one attached hydrogen (secondary N) is 1. The second-order valence-corrected chi connectivity index (χ2v) is 6.22. The summed E-state index contributed by atoms with van der Waals surface area (Å²) in [4.78, 5) is 2.33. The van der Waals surface area contributed by atoms with Gasteiger partial charge in [-0.3, -0.25) is 4.90 Å². The molecule has 2 aliphatic heterocycles. The molecule has 2 aliphatic rings. The van der Waals surface area contributed by atoms with Crippen molar-refractivity contribution in [1.29, 1.82) is 0 Å². The van der Waals surface area contributed by atoms with Gasteiger partial charge in [0.1, 0.15) is 11.6 Å². The monoisotopic (exact) mass is 302 g/mol. The average Bonchev–Trinajstić information content (AvgIpc) is 2.75. The maximum atomic E-state index is 13.7. The van der Waals surface area contributed by atoms with Gasteiger partial charge in [0.25, 0.3) is 0 Å². The van der Waals surface area contributed by atoms with Crippen molar-refractivity contribution in [3.8, 4) is 0 Å². The van der Waals surface area contributed by atoms with Crippen LogP contribution in [0.3, 0.4) is 0 Å². The summed E-state index contributed by atoms with van der Waals surface area (Å²) in [6.07, 6.45) is 1.86. The van der Waals surface area contributed by atoms with Crippen LogP contribution >= 0.6 is 12.4 Å². The number of hydrogen-bond donors (Lipinski definition) is 1. The van der Waals surface area contributed by atoms with Crippen LogP contribution in [0.2, 0.25) is 0 Å². The van der Waals surface area contributed by atoms with E-state index in [1.54, 1.807) is 0 Å². The fourth-order valence-corrected chi connectivity index (χ4v) is 3.35. The Morgan fingerprint density at radius 2 is 2.15 bits per heavy atom. The zero-order valence-electron chi connectivity index (χ0n) is 11.7. The van der Waals surface area contributed by atoms with E-state index in [1.165, 1.54) is 12.5 Å². The number of nitrogens with zero attached hydrogens (tertiary/aromatic N) is 1. The molecule has 1 aromatic carbocycles. The van der Waals surface area contributed by atoms with Crippen LogP contribution in [0.15, 0.2) is 12.1 Å². The summed E-state index contributed by atoms with van der Waals surface area (Å²) in [5, 5.41) is 3.39. The van der Waals surface area contributed by atoms with Crippen LogP contribution in [0.1, 0.15) is 24.5 Å². The van der Waals surface area contributed by atoms with Crippen molar-refractivity contribution in [3.63, 3.8) is 0 Å². The highest BCUT2D eigenvalue weighted by Gasteiger charge is 2.32. The molecule has 1 fully saturated rings.